The number of amides is 1. The fourth-order valence-corrected chi connectivity index (χ4v) is 1.81. The summed E-state index contributed by atoms with van der Waals surface area (Å²) in [4.78, 5) is 22.5. The van der Waals surface area contributed by atoms with Gasteiger partial charge in [0, 0.05) is 12.8 Å². The Morgan fingerprint density at radius 2 is 2.12 bits per heavy atom. The molecule has 1 amide bonds. The Bertz CT molecular complexity index is 402. The summed E-state index contributed by atoms with van der Waals surface area (Å²) < 4.78 is 5.12. The van der Waals surface area contributed by atoms with Crippen LogP contribution in [0.3, 0.4) is 0 Å². The molecule has 1 atom stereocenters. The number of hydrogen-bond donors (Lipinski definition) is 1. The third-order valence-electron chi connectivity index (χ3n) is 2.76. The van der Waals surface area contributed by atoms with Gasteiger partial charge in [-0.1, -0.05) is 30.3 Å². The van der Waals surface area contributed by atoms with E-state index in [9.17, 15) is 9.59 Å². The third kappa shape index (κ3) is 3.31. The van der Waals surface area contributed by atoms with Crippen LogP contribution in [0.4, 0.5) is 0 Å². The Balaban J connectivity index is 1.72. The summed E-state index contributed by atoms with van der Waals surface area (Å²) in [5, 5.41) is 2.59. The van der Waals surface area contributed by atoms with Gasteiger partial charge in [-0.15, -0.1) is 0 Å². The van der Waals surface area contributed by atoms with Gasteiger partial charge in [0.05, 0.1) is 6.61 Å². The third-order valence-corrected chi connectivity index (χ3v) is 2.76. The molecule has 1 aromatic rings. The van der Waals surface area contributed by atoms with Gasteiger partial charge < -0.3 is 10.1 Å². The lowest BCUT2D eigenvalue weighted by Crippen LogP contribution is -2.34. The van der Waals surface area contributed by atoms with E-state index in [0.29, 0.717) is 25.9 Å². The number of carbonyl (C=O) groups excluding carboxylic acids is 2. The van der Waals surface area contributed by atoms with Crippen LogP contribution >= 0.6 is 0 Å². The summed E-state index contributed by atoms with van der Waals surface area (Å²) >= 11 is 0. The number of hydrogen-bond acceptors (Lipinski definition) is 3. The van der Waals surface area contributed by atoms with Crippen molar-refractivity contribution >= 4 is 11.9 Å². The second-order valence-electron chi connectivity index (χ2n) is 4.06. The Morgan fingerprint density at radius 1 is 1.35 bits per heavy atom. The first-order valence-electron chi connectivity index (χ1n) is 5.75. The van der Waals surface area contributed by atoms with Crippen LogP contribution in [0.5, 0.6) is 0 Å². The van der Waals surface area contributed by atoms with Gasteiger partial charge in [-0.25, -0.2) is 4.79 Å². The van der Waals surface area contributed by atoms with Crippen molar-refractivity contribution in [3.63, 3.8) is 0 Å². The highest BCUT2D eigenvalue weighted by Gasteiger charge is 2.28. The molecule has 1 saturated heterocycles. The number of carbonyl (C=O) groups is 2. The van der Waals surface area contributed by atoms with Crippen LogP contribution in [0.2, 0.25) is 0 Å². The molecule has 0 unspecified atom stereocenters. The van der Waals surface area contributed by atoms with Gasteiger partial charge in [0.25, 0.3) is 0 Å². The van der Waals surface area contributed by atoms with E-state index in [2.05, 4.69) is 5.32 Å². The van der Waals surface area contributed by atoms with Crippen molar-refractivity contribution in [3.8, 4) is 0 Å². The number of nitrogens with one attached hydrogen (secondary N) is 1. The molecule has 1 aliphatic rings. The van der Waals surface area contributed by atoms with E-state index in [1.807, 2.05) is 30.3 Å². The Hall–Kier alpha value is -1.84. The predicted molar refractivity (Wildman–Crippen MR) is 62.3 cm³/mol. The Labute approximate surface area is 100.0 Å². The first-order chi connectivity index (χ1) is 8.25. The van der Waals surface area contributed by atoms with Crippen molar-refractivity contribution in [2.75, 3.05) is 6.61 Å². The fourth-order valence-electron chi connectivity index (χ4n) is 1.81. The highest BCUT2D eigenvalue weighted by atomic mass is 16.5. The number of ether oxygens (including phenoxy) is 1. The van der Waals surface area contributed by atoms with Crippen LogP contribution in [0, 0.1) is 0 Å². The van der Waals surface area contributed by atoms with Gasteiger partial charge in [0.2, 0.25) is 5.91 Å². The molecular weight excluding hydrogens is 218 g/mol. The molecule has 2 rings (SSSR count). The second kappa shape index (κ2) is 5.48. The smallest absolute Gasteiger partial charge is 0.328 e. The summed E-state index contributed by atoms with van der Waals surface area (Å²) in [6, 6.07) is 9.39. The lowest BCUT2D eigenvalue weighted by Gasteiger charge is -2.09. The van der Waals surface area contributed by atoms with Crippen LogP contribution in [0.1, 0.15) is 18.4 Å². The molecule has 4 heteroatoms. The SMILES string of the molecule is O=C1CC[C@H](C(=O)OCCc2ccccc2)N1. The Kier molecular flexibility index (Phi) is 3.75. The summed E-state index contributed by atoms with van der Waals surface area (Å²) in [5.74, 6) is -0.401. The van der Waals surface area contributed by atoms with Crippen molar-refractivity contribution in [2.45, 2.75) is 25.3 Å². The highest BCUT2D eigenvalue weighted by Crippen LogP contribution is 2.08. The molecule has 90 valence electrons. The maximum absolute atomic E-state index is 11.5. The number of esters is 1. The van der Waals surface area contributed by atoms with Crippen molar-refractivity contribution in [1.82, 2.24) is 5.32 Å². The fraction of sp³-hybridized carbons (Fsp3) is 0.385. The van der Waals surface area contributed by atoms with Gasteiger partial charge in [0.1, 0.15) is 6.04 Å². The van der Waals surface area contributed by atoms with Crippen molar-refractivity contribution in [1.29, 1.82) is 0 Å². The van der Waals surface area contributed by atoms with E-state index in [4.69, 9.17) is 4.74 Å². The van der Waals surface area contributed by atoms with Gasteiger partial charge in [-0.2, -0.15) is 0 Å². The molecule has 0 spiro atoms. The first-order valence-corrected chi connectivity index (χ1v) is 5.75. The molecule has 0 saturated carbocycles. The molecular formula is C13H15NO3. The normalized spacial score (nSPS) is 18.8. The largest absolute Gasteiger partial charge is 0.464 e. The van der Waals surface area contributed by atoms with Crippen LogP contribution in [-0.4, -0.2) is 24.5 Å². The van der Waals surface area contributed by atoms with Crippen molar-refractivity contribution in [3.05, 3.63) is 35.9 Å². The van der Waals surface area contributed by atoms with E-state index in [-0.39, 0.29) is 11.9 Å². The molecule has 0 aliphatic carbocycles. The topological polar surface area (TPSA) is 55.4 Å². The molecule has 0 radical (unpaired) electrons. The number of rotatable bonds is 4. The van der Waals surface area contributed by atoms with Gasteiger partial charge in [0.15, 0.2) is 0 Å². The van der Waals surface area contributed by atoms with E-state index in [1.54, 1.807) is 0 Å². The van der Waals surface area contributed by atoms with E-state index >= 15 is 0 Å². The minimum absolute atomic E-state index is 0.0741. The predicted octanol–water partition coefficient (Wildman–Crippen LogP) is 1.05. The molecule has 17 heavy (non-hydrogen) atoms. The van der Waals surface area contributed by atoms with Crippen LogP contribution in [0.15, 0.2) is 30.3 Å². The molecule has 1 aliphatic heterocycles. The number of benzene rings is 1. The second-order valence-corrected chi connectivity index (χ2v) is 4.06. The molecule has 1 N–H and O–H groups in total. The maximum Gasteiger partial charge on any atom is 0.328 e. The molecule has 1 aromatic carbocycles. The van der Waals surface area contributed by atoms with E-state index in [0.717, 1.165) is 5.56 Å². The molecule has 0 bridgehead atoms. The standard InChI is InChI=1S/C13H15NO3/c15-12-7-6-11(14-12)13(16)17-9-8-10-4-2-1-3-5-10/h1-5,11H,6-9H2,(H,14,15)/t11-/m1/s1. The molecule has 0 aromatic heterocycles. The summed E-state index contributed by atoms with van der Waals surface area (Å²) in [6.07, 6.45) is 1.66. The minimum Gasteiger partial charge on any atom is -0.464 e. The Morgan fingerprint density at radius 3 is 2.76 bits per heavy atom. The van der Waals surface area contributed by atoms with E-state index < -0.39 is 6.04 Å². The zero-order valence-corrected chi connectivity index (χ0v) is 9.52. The summed E-state index contributed by atoms with van der Waals surface area (Å²) in [6.45, 7) is 0.356. The maximum atomic E-state index is 11.5. The first kappa shape index (κ1) is 11.6. The zero-order valence-electron chi connectivity index (χ0n) is 9.52. The van der Waals surface area contributed by atoms with Crippen molar-refractivity contribution in [2.24, 2.45) is 0 Å². The monoisotopic (exact) mass is 233 g/mol. The average molecular weight is 233 g/mol. The molecule has 1 heterocycles. The summed E-state index contributed by atoms with van der Waals surface area (Å²) in [5.41, 5.74) is 1.13. The van der Waals surface area contributed by atoms with Gasteiger partial charge in [-0.3, -0.25) is 4.79 Å². The van der Waals surface area contributed by atoms with Gasteiger partial charge >= 0.3 is 5.97 Å². The van der Waals surface area contributed by atoms with Crippen LogP contribution in [-0.2, 0) is 20.7 Å². The lowest BCUT2D eigenvalue weighted by atomic mass is 10.2. The zero-order chi connectivity index (χ0) is 12.1. The van der Waals surface area contributed by atoms with Gasteiger partial charge in [-0.05, 0) is 12.0 Å². The minimum atomic E-state index is -0.446. The molecule has 4 nitrogen and oxygen atoms in total. The van der Waals surface area contributed by atoms with Crippen LogP contribution in [0.25, 0.3) is 0 Å². The van der Waals surface area contributed by atoms with Crippen LogP contribution < -0.4 is 5.32 Å². The summed E-state index contributed by atoms with van der Waals surface area (Å²) in [7, 11) is 0. The molecule has 1 fully saturated rings. The lowest BCUT2D eigenvalue weighted by molar-refractivity contribution is -0.146. The highest BCUT2D eigenvalue weighted by molar-refractivity contribution is 5.88. The van der Waals surface area contributed by atoms with E-state index in [1.165, 1.54) is 0 Å². The average Bonchev–Trinajstić information content (AvgIpc) is 2.77. The quantitative estimate of drug-likeness (QED) is 0.791. The van der Waals surface area contributed by atoms with Crippen molar-refractivity contribution < 1.29 is 14.3 Å².